The molecule has 0 unspecified atom stereocenters. The van der Waals surface area contributed by atoms with Crippen molar-refractivity contribution in [2.24, 2.45) is 0 Å². The van der Waals surface area contributed by atoms with Gasteiger partial charge in [-0.25, -0.2) is 4.98 Å². The summed E-state index contributed by atoms with van der Waals surface area (Å²) in [5.41, 5.74) is -0.471. The number of hydrogen-bond acceptors (Lipinski definition) is 6. The Labute approximate surface area is 156 Å². The van der Waals surface area contributed by atoms with Crippen LogP contribution < -0.4 is 10.1 Å². The van der Waals surface area contributed by atoms with Gasteiger partial charge in [0.2, 0.25) is 0 Å². The number of aromatic hydroxyl groups is 1. The summed E-state index contributed by atoms with van der Waals surface area (Å²) in [4.78, 5) is 26.5. The second kappa shape index (κ2) is 7.52. The van der Waals surface area contributed by atoms with E-state index in [2.05, 4.69) is 10.3 Å². The number of benzene rings is 1. The number of carbonyl (C=O) groups is 2. The summed E-state index contributed by atoms with van der Waals surface area (Å²) in [5, 5.41) is 31.2. The molecule has 0 saturated carbocycles. The molecule has 8 nitrogen and oxygen atoms in total. The van der Waals surface area contributed by atoms with Crippen molar-refractivity contribution in [3.63, 3.8) is 0 Å². The Hall–Kier alpha value is -2.61. The molecule has 0 saturated heterocycles. The minimum atomic E-state index is -1.24. The Morgan fingerprint density at radius 1 is 1.44 bits per heavy atom. The first-order chi connectivity index (χ1) is 11.7. The highest BCUT2D eigenvalue weighted by molar-refractivity contribution is 14.1. The molecule has 2 rings (SSSR count). The van der Waals surface area contributed by atoms with Gasteiger partial charge in [-0.3, -0.25) is 9.59 Å². The number of pyridine rings is 1. The Balaban J connectivity index is 2.64. The van der Waals surface area contributed by atoms with Crippen LogP contribution in [0, 0.1) is 14.9 Å². The lowest BCUT2D eigenvalue weighted by Crippen LogP contribution is -2.30. The van der Waals surface area contributed by atoms with E-state index in [4.69, 9.17) is 9.84 Å². The van der Waals surface area contributed by atoms with E-state index in [1.807, 2.05) is 42.5 Å². The number of carboxylic acids is 1. The highest BCUT2D eigenvalue weighted by Gasteiger charge is 2.22. The average molecular weight is 455 g/mol. The van der Waals surface area contributed by atoms with Crippen LogP contribution in [0.3, 0.4) is 0 Å². The molecular weight excluding hydrogens is 441 g/mol. The summed E-state index contributed by atoms with van der Waals surface area (Å²) in [7, 11) is 0. The largest absolute Gasteiger partial charge is 0.505 e. The number of aromatic nitrogens is 1. The number of amides is 1. The molecule has 2 aromatic rings. The Kier molecular flexibility index (Phi) is 5.63. The molecule has 1 aromatic heterocycles. The maximum absolute atomic E-state index is 12.1. The first-order valence-corrected chi connectivity index (χ1v) is 8.25. The van der Waals surface area contributed by atoms with Gasteiger partial charge in [0.1, 0.15) is 24.1 Å². The first-order valence-electron chi connectivity index (χ1n) is 7.17. The van der Waals surface area contributed by atoms with Crippen LogP contribution in [-0.2, 0) is 4.79 Å². The molecule has 1 heterocycles. The maximum atomic E-state index is 12.1. The molecule has 0 aliphatic rings. The highest BCUT2D eigenvalue weighted by atomic mass is 127. The Morgan fingerprint density at radius 3 is 2.68 bits per heavy atom. The molecule has 1 amide bonds. The molecule has 1 aromatic carbocycles. The number of nitrogens with one attached hydrogen (secondary N) is 1. The summed E-state index contributed by atoms with van der Waals surface area (Å²) < 4.78 is 6.18. The zero-order chi connectivity index (χ0) is 18.7. The summed E-state index contributed by atoms with van der Waals surface area (Å²) in [5.74, 6) is -2.03. The van der Waals surface area contributed by atoms with Crippen molar-refractivity contribution in [1.29, 1.82) is 5.26 Å². The van der Waals surface area contributed by atoms with Gasteiger partial charge in [-0.2, -0.15) is 5.26 Å². The molecule has 9 heteroatoms. The van der Waals surface area contributed by atoms with Gasteiger partial charge >= 0.3 is 5.97 Å². The van der Waals surface area contributed by atoms with Crippen LogP contribution in [0.2, 0.25) is 0 Å². The smallest absolute Gasteiger partial charge is 0.322 e. The maximum Gasteiger partial charge on any atom is 0.322 e. The van der Waals surface area contributed by atoms with Crippen LogP contribution in [0.15, 0.2) is 12.1 Å². The monoisotopic (exact) mass is 455 g/mol. The number of ether oxygens (including phenoxy) is 1. The lowest BCUT2D eigenvalue weighted by atomic mass is 10.1. The van der Waals surface area contributed by atoms with Crippen molar-refractivity contribution < 1.29 is 24.5 Å². The minimum Gasteiger partial charge on any atom is -0.505 e. The third-order valence-corrected chi connectivity index (χ3v) is 3.95. The van der Waals surface area contributed by atoms with E-state index in [1.54, 1.807) is 12.1 Å². The van der Waals surface area contributed by atoms with Crippen molar-refractivity contribution in [3.05, 3.63) is 27.1 Å². The second-order valence-electron chi connectivity index (χ2n) is 5.34. The molecule has 0 atom stereocenters. The van der Waals surface area contributed by atoms with E-state index in [0.717, 1.165) is 0 Å². The van der Waals surface area contributed by atoms with Crippen molar-refractivity contribution in [3.8, 4) is 17.6 Å². The lowest BCUT2D eigenvalue weighted by Gasteiger charge is -2.14. The third kappa shape index (κ3) is 4.08. The lowest BCUT2D eigenvalue weighted by molar-refractivity contribution is -0.135. The number of carbonyl (C=O) groups excluding carboxylic acids is 1. The van der Waals surface area contributed by atoms with Gasteiger partial charge in [0.15, 0.2) is 11.4 Å². The predicted molar refractivity (Wildman–Crippen MR) is 96.6 cm³/mol. The molecule has 0 bridgehead atoms. The second-order valence-corrected chi connectivity index (χ2v) is 6.50. The molecule has 3 N–H and O–H groups in total. The fourth-order valence-corrected chi connectivity index (χ4v) is 3.03. The van der Waals surface area contributed by atoms with E-state index in [-0.39, 0.29) is 17.2 Å². The summed E-state index contributed by atoms with van der Waals surface area (Å²) in [6.45, 7) is 3.08. The van der Waals surface area contributed by atoms with E-state index in [1.165, 1.54) is 0 Å². The van der Waals surface area contributed by atoms with Crippen LogP contribution in [-0.4, -0.2) is 39.7 Å². The minimum absolute atomic E-state index is 0.0691. The molecular formula is C16H14IN3O5. The summed E-state index contributed by atoms with van der Waals surface area (Å²) >= 11 is 1.96. The highest BCUT2D eigenvalue weighted by Crippen LogP contribution is 2.36. The molecule has 0 spiro atoms. The number of rotatable bonds is 5. The number of carboxylic acid groups (broad SMARTS) is 1. The number of nitriles is 1. The fraction of sp³-hybridized carbons (Fsp3) is 0.250. The van der Waals surface area contributed by atoms with Gasteiger partial charge in [0.25, 0.3) is 5.91 Å². The molecule has 130 valence electrons. The van der Waals surface area contributed by atoms with Gasteiger partial charge < -0.3 is 20.3 Å². The number of aliphatic carboxylic acids is 1. The van der Waals surface area contributed by atoms with Crippen LogP contribution in [0.25, 0.3) is 10.8 Å². The average Bonchev–Trinajstić information content (AvgIpc) is 2.51. The normalized spacial score (nSPS) is 10.5. The van der Waals surface area contributed by atoms with Gasteiger partial charge in [-0.05, 0) is 48.6 Å². The van der Waals surface area contributed by atoms with Crippen molar-refractivity contribution in [2.45, 2.75) is 20.0 Å². The van der Waals surface area contributed by atoms with E-state index >= 15 is 0 Å². The summed E-state index contributed by atoms with van der Waals surface area (Å²) in [6.07, 6.45) is -0.0820. The number of nitrogens with zero attached hydrogens (tertiary/aromatic N) is 2. The van der Waals surface area contributed by atoms with E-state index in [9.17, 15) is 20.0 Å². The standard InChI is InChI=1S/C16H14IN3O5/c1-7(2)25-8-3-9-11(5-18)20-14(16(24)19-6-12(21)22)15(23)13(9)10(17)4-8/h3-4,7,23H,6H2,1-2H3,(H,19,24)(H,21,22). The molecule has 25 heavy (non-hydrogen) atoms. The van der Waals surface area contributed by atoms with Crippen molar-refractivity contribution in [1.82, 2.24) is 10.3 Å². The van der Waals surface area contributed by atoms with E-state index < -0.39 is 29.9 Å². The summed E-state index contributed by atoms with van der Waals surface area (Å²) in [6, 6.07) is 5.13. The SMILES string of the molecule is CC(C)Oc1cc(I)c2c(O)c(C(=O)NCC(=O)O)nc(C#N)c2c1. The molecule has 0 aliphatic carbocycles. The zero-order valence-corrected chi connectivity index (χ0v) is 15.5. The molecule has 0 aliphatic heterocycles. The van der Waals surface area contributed by atoms with Crippen LogP contribution in [0.1, 0.15) is 30.0 Å². The number of fused-ring (bicyclic) bond motifs is 1. The number of hydrogen-bond donors (Lipinski definition) is 3. The zero-order valence-electron chi connectivity index (χ0n) is 13.3. The van der Waals surface area contributed by atoms with Crippen LogP contribution in [0.5, 0.6) is 11.5 Å². The van der Waals surface area contributed by atoms with Crippen molar-refractivity contribution in [2.75, 3.05) is 6.54 Å². The quantitative estimate of drug-likeness (QED) is 0.588. The van der Waals surface area contributed by atoms with Crippen LogP contribution in [0.4, 0.5) is 0 Å². The number of halogens is 1. The molecule has 0 fully saturated rings. The van der Waals surface area contributed by atoms with Crippen LogP contribution >= 0.6 is 22.6 Å². The third-order valence-electron chi connectivity index (χ3n) is 3.10. The Bertz CT molecular complexity index is 905. The van der Waals surface area contributed by atoms with Gasteiger partial charge in [-0.15, -0.1) is 0 Å². The van der Waals surface area contributed by atoms with Gasteiger partial charge in [0, 0.05) is 14.3 Å². The molecule has 0 radical (unpaired) electrons. The van der Waals surface area contributed by atoms with Crippen molar-refractivity contribution >= 4 is 45.2 Å². The fourth-order valence-electron chi connectivity index (χ4n) is 2.18. The Morgan fingerprint density at radius 2 is 2.12 bits per heavy atom. The van der Waals surface area contributed by atoms with Gasteiger partial charge in [0.05, 0.1) is 6.10 Å². The predicted octanol–water partition coefficient (Wildman–Crippen LogP) is 2.02. The van der Waals surface area contributed by atoms with Gasteiger partial charge in [-0.1, -0.05) is 0 Å². The first kappa shape index (κ1) is 18.7. The topological polar surface area (TPSA) is 133 Å². The van der Waals surface area contributed by atoms with E-state index in [0.29, 0.717) is 14.7 Å².